The van der Waals surface area contributed by atoms with E-state index >= 15 is 0 Å². The Labute approximate surface area is 118 Å². The first kappa shape index (κ1) is 13.2. The van der Waals surface area contributed by atoms with Crippen LogP contribution < -0.4 is 5.32 Å². The normalized spacial score (nSPS) is 30.4. The molecule has 0 spiro atoms. The van der Waals surface area contributed by atoms with Gasteiger partial charge in [0.05, 0.1) is 0 Å². The van der Waals surface area contributed by atoms with Gasteiger partial charge in [0.15, 0.2) is 0 Å². The highest BCUT2D eigenvalue weighted by Crippen LogP contribution is 2.43. The highest BCUT2D eigenvalue weighted by atomic mass is 16.5. The number of rotatable bonds is 4. The maximum atomic E-state index is 11.9. The van der Waals surface area contributed by atoms with Crippen molar-refractivity contribution in [2.24, 2.45) is 17.8 Å². The summed E-state index contributed by atoms with van der Waals surface area (Å²) in [5.74, 6) is 0.847. The van der Waals surface area contributed by atoms with E-state index in [-0.39, 0.29) is 25.2 Å². The van der Waals surface area contributed by atoms with E-state index in [9.17, 15) is 9.90 Å². The van der Waals surface area contributed by atoms with E-state index in [1.165, 1.54) is 0 Å². The average Bonchev–Trinajstić information content (AvgIpc) is 3.07. The zero-order valence-corrected chi connectivity index (χ0v) is 11.2. The zero-order chi connectivity index (χ0) is 13.9. The third kappa shape index (κ3) is 2.56. The molecule has 1 aromatic carbocycles. The molecule has 2 aliphatic rings. The van der Waals surface area contributed by atoms with Gasteiger partial charge in [0.2, 0.25) is 0 Å². The lowest BCUT2D eigenvalue weighted by Crippen LogP contribution is -2.44. The van der Waals surface area contributed by atoms with Crippen molar-refractivity contribution in [3.8, 4) is 0 Å². The number of aliphatic hydroxyl groups is 1. The van der Waals surface area contributed by atoms with Crippen LogP contribution in [0.3, 0.4) is 0 Å². The Morgan fingerprint density at radius 2 is 2.00 bits per heavy atom. The van der Waals surface area contributed by atoms with Gasteiger partial charge in [0.25, 0.3) is 0 Å². The monoisotopic (exact) mass is 273 g/mol. The third-order valence-corrected chi connectivity index (χ3v) is 4.33. The molecule has 4 heteroatoms. The highest BCUT2D eigenvalue weighted by Gasteiger charge is 2.44. The lowest BCUT2D eigenvalue weighted by Gasteiger charge is -2.26. The van der Waals surface area contributed by atoms with Crippen LogP contribution >= 0.6 is 0 Å². The third-order valence-electron chi connectivity index (χ3n) is 4.33. The van der Waals surface area contributed by atoms with E-state index in [0.29, 0.717) is 11.8 Å². The summed E-state index contributed by atoms with van der Waals surface area (Å²) in [4.78, 5) is 11.9. The van der Waals surface area contributed by atoms with Crippen molar-refractivity contribution in [1.29, 1.82) is 0 Å². The summed E-state index contributed by atoms with van der Waals surface area (Å²) >= 11 is 0. The summed E-state index contributed by atoms with van der Waals surface area (Å²) in [5.41, 5.74) is 0.967. The fraction of sp³-hybridized carbons (Fsp3) is 0.438. The van der Waals surface area contributed by atoms with E-state index in [0.717, 1.165) is 12.0 Å². The topological polar surface area (TPSA) is 58.6 Å². The summed E-state index contributed by atoms with van der Waals surface area (Å²) in [6.45, 7) is 0.377. The second-order valence-electron chi connectivity index (χ2n) is 5.53. The molecule has 4 atom stereocenters. The molecule has 0 unspecified atom stereocenters. The van der Waals surface area contributed by atoms with E-state index < -0.39 is 6.09 Å². The minimum Gasteiger partial charge on any atom is -0.445 e. The fourth-order valence-corrected chi connectivity index (χ4v) is 3.29. The van der Waals surface area contributed by atoms with E-state index in [1.54, 1.807) is 0 Å². The maximum absolute atomic E-state index is 11.9. The van der Waals surface area contributed by atoms with E-state index in [2.05, 4.69) is 17.5 Å². The average molecular weight is 273 g/mol. The van der Waals surface area contributed by atoms with Crippen molar-refractivity contribution in [2.75, 3.05) is 6.61 Å². The predicted octanol–water partition coefficient (Wildman–Crippen LogP) is 2.10. The summed E-state index contributed by atoms with van der Waals surface area (Å²) in [6.07, 6.45) is 4.91. The molecule has 20 heavy (non-hydrogen) atoms. The molecule has 4 nitrogen and oxygen atoms in total. The first-order valence-electron chi connectivity index (χ1n) is 7.04. The van der Waals surface area contributed by atoms with Crippen LogP contribution in [0.5, 0.6) is 0 Å². The molecule has 3 rings (SSSR count). The first-order chi connectivity index (χ1) is 9.78. The molecule has 0 saturated heterocycles. The van der Waals surface area contributed by atoms with Crippen molar-refractivity contribution < 1.29 is 14.6 Å². The van der Waals surface area contributed by atoms with Crippen LogP contribution in [0.1, 0.15) is 12.0 Å². The maximum Gasteiger partial charge on any atom is 0.407 e. The molecule has 1 saturated carbocycles. The first-order valence-corrected chi connectivity index (χ1v) is 7.04. The predicted molar refractivity (Wildman–Crippen MR) is 74.9 cm³/mol. The van der Waals surface area contributed by atoms with E-state index in [1.807, 2.05) is 30.3 Å². The van der Waals surface area contributed by atoms with Gasteiger partial charge in [-0.25, -0.2) is 4.79 Å². The van der Waals surface area contributed by atoms with E-state index in [4.69, 9.17) is 4.74 Å². The molecule has 0 aliphatic heterocycles. The Morgan fingerprint density at radius 1 is 1.25 bits per heavy atom. The smallest absolute Gasteiger partial charge is 0.407 e. The lowest BCUT2D eigenvalue weighted by molar-refractivity contribution is 0.122. The highest BCUT2D eigenvalue weighted by molar-refractivity contribution is 5.68. The van der Waals surface area contributed by atoms with Crippen LogP contribution in [-0.2, 0) is 11.3 Å². The number of ether oxygens (including phenoxy) is 1. The van der Waals surface area contributed by atoms with Gasteiger partial charge in [-0.1, -0.05) is 42.5 Å². The fourth-order valence-electron chi connectivity index (χ4n) is 3.29. The molecule has 1 fully saturated rings. The van der Waals surface area contributed by atoms with Gasteiger partial charge < -0.3 is 15.2 Å². The van der Waals surface area contributed by atoms with Crippen molar-refractivity contribution >= 4 is 6.09 Å². The van der Waals surface area contributed by atoms with Gasteiger partial charge in [-0.05, 0) is 23.8 Å². The summed E-state index contributed by atoms with van der Waals surface area (Å²) < 4.78 is 5.23. The van der Waals surface area contributed by atoms with Crippen LogP contribution in [0.15, 0.2) is 42.5 Å². The number of aliphatic hydroxyl groups excluding tert-OH is 1. The molecule has 106 valence electrons. The number of allylic oxidation sites excluding steroid dienone is 1. The number of amides is 1. The molecule has 1 aromatic rings. The summed E-state index contributed by atoms with van der Waals surface area (Å²) in [7, 11) is 0. The minimum atomic E-state index is -0.404. The molecule has 2 N–H and O–H groups in total. The Kier molecular flexibility index (Phi) is 3.74. The molecule has 1 amide bonds. The number of carbonyl (C=O) groups is 1. The molecule has 0 heterocycles. The second kappa shape index (κ2) is 5.67. The van der Waals surface area contributed by atoms with Crippen LogP contribution in [-0.4, -0.2) is 23.8 Å². The molecular formula is C16H19NO3. The number of hydrogen-bond donors (Lipinski definition) is 2. The number of carbonyl (C=O) groups excluding carboxylic acids is 1. The standard InChI is InChI=1S/C16H19NO3/c18-9-14-12-6-7-13(8-12)15(14)17-16(19)20-10-11-4-2-1-3-5-11/h1-7,12-15,18H,8-10H2,(H,17,19)/t12-,13-,14-,15+/m0/s1. The zero-order valence-electron chi connectivity index (χ0n) is 11.2. The number of fused-ring (bicyclic) bond motifs is 2. The largest absolute Gasteiger partial charge is 0.445 e. The molecular weight excluding hydrogens is 254 g/mol. The Balaban J connectivity index is 1.53. The van der Waals surface area contributed by atoms with Gasteiger partial charge >= 0.3 is 6.09 Å². The van der Waals surface area contributed by atoms with Gasteiger partial charge in [-0.3, -0.25) is 0 Å². The van der Waals surface area contributed by atoms with Crippen molar-refractivity contribution in [2.45, 2.75) is 19.1 Å². The Bertz CT molecular complexity index is 500. The van der Waals surface area contributed by atoms with Crippen molar-refractivity contribution in [3.05, 3.63) is 48.0 Å². The number of hydrogen-bond acceptors (Lipinski definition) is 3. The molecule has 2 aliphatic carbocycles. The van der Waals surface area contributed by atoms with Crippen molar-refractivity contribution in [3.63, 3.8) is 0 Å². The van der Waals surface area contributed by atoms with Crippen LogP contribution in [0, 0.1) is 17.8 Å². The van der Waals surface area contributed by atoms with Gasteiger partial charge in [0, 0.05) is 18.6 Å². The van der Waals surface area contributed by atoms with Gasteiger partial charge in [-0.2, -0.15) is 0 Å². The minimum absolute atomic E-state index is 0.00160. The van der Waals surface area contributed by atoms with Crippen LogP contribution in [0.2, 0.25) is 0 Å². The number of benzene rings is 1. The molecule has 2 bridgehead atoms. The van der Waals surface area contributed by atoms with Crippen LogP contribution in [0.4, 0.5) is 4.79 Å². The number of nitrogens with one attached hydrogen (secondary N) is 1. The molecule has 0 radical (unpaired) electrons. The Hall–Kier alpha value is -1.81. The SMILES string of the molecule is O=C(N[C@H]1[C@@H](CO)[C@H]2C=C[C@H]1C2)OCc1ccccc1. The lowest BCUT2D eigenvalue weighted by atomic mass is 9.90. The van der Waals surface area contributed by atoms with Crippen molar-refractivity contribution in [1.82, 2.24) is 5.32 Å². The molecule has 0 aromatic heterocycles. The quantitative estimate of drug-likeness (QED) is 0.826. The number of alkyl carbamates (subject to hydrolysis) is 1. The van der Waals surface area contributed by atoms with Gasteiger partial charge in [0.1, 0.15) is 6.61 Å². The summed E-state index contributed by atoms with van der Waals surface area (Å²) in [6, 6.07) is 9.60. The van der Waals surface area contributed by atoms with Crippen LogP contribution in [0.25, 0.3) is 0 Å². The second-order valence-corrected chi connectivity index (χ2v) is 5.53. The Morgan fingerprint density at radius 3 is 2.75 bits per heavy atom. The van der Waals surface area contributed by atoms with Gasteiger partial charge in [-0.15, -0.1) is 0 Å². The summed E-state index contributed by atoms with van der Waals surface area (Å²) in [5, 5.41) is 12.4.